The lowest BCUT2D eigenvalue weighted by atomic mass is 9.81. The van der Waals surface area contributed by atoms with Crippen LogP contribution in [0.1, 0.15) is 43.6 Å². The fraction of sp³-hybridized carbons (Fsp3) is 0.316. The van der Waals surface area contributed by atoms with Crippen LogP contribution in [0.5, 0.6) is 0 Å². The minimum Gasteiger partial charge on any atom is -0.256 e. The summed E-state index contributed by atoms with van der Waals surface area (Å²) in [5, 5.41) is 3.97. The van der Waals surface area contributed by atoms with Gasteiger partial charge in [-0.25, -0.2) is 0 Å². The summed E-state index contributed by atoms with van der Waals surface area (Å²) in [7, 11) is 0. The number of hydrogen-bond acceptors (Lipinski definition) is 1. The Balaban J connectivity index is 2.02. The topological polar surface area (TPSA) is 12.9 Å². The normalized spacial score (nSPS) is 16.8. The van der Waals surface area contributed by atoms with E-state index in [-0.39, 0.29) is 0 Å². The van der Waals surface area contributed by atoms with E-state index in [0.29, 0.717) is 0 Å². The van der Waals surface area contributed by atoms with E-state index in [1.807, 2.05) is 12.3 Å². The molecule has 1 aromatic heterocycles. The van der Waals surface area contributed by atoms with Crippen molar-refractivity contribution in [1.29, 1.82) is 0 Å². The molecule has 1 aliphatic carbocycles. The van der Waals surface area contributed by atoms with E-state index < -0.39 is 0 Å². The highest BCUT2D eigenvalue weighted by Crippen LogP contribution is 2.38. The predicted octanol–water partition coefficient (Wildman–Crippen LogP) is 5.44. The Bertz CT molecular complexity index is 754. The van der Waals surface area contributed by atoms with Gasteiger partial charge < -0.3 is 0 Å². The summed E-state index contributed by atoms with van der Waals surface area (Å²) in [6.07, 6.45) is 8.74. The van der Waals surface area contributed by atoms with Crippen molar-refractivity contribution >= 4 is 21.7 Å². The van der Waals surface area contributed by atoms with Crippen LogP contribution in [0.2, 0.25) is 0 Å². The Kier molecular flexibility index (Phi) is 2.91. The maximum Gasteiger partial charge on any atom is 0.0783 e. The van der Waals surface area contributed by atoms with E-state index >= 15 is 0 Å². The van der Waals surface area contributed by atoms with Gasteiger partial charge in [-0.2, -0.15) is 0 Å². The Labute approximate surface area is 119 Å². The Hall–Kier alpha value is -1.89. The van der Waals surface area contributed by atoms with Crippen LogP contribution in [-0.4, -0.2) is 4.98 Å². The largest absolute Gasteiger partial charge is 0.256 e. The second-order valence-electron chi connectivity index (χ2n) is 5.92. The van der Waals surface area contributed by atoms with E-state index in [9.17, 15) is 0 Å². The van der Waals surface area contributed by atoms with Crippen molar-refractivity contribution in [2.24, 2.45) is 0 Å². The molecular formula is C19H19N. The molecule has 0 amide bonds. The van der Waals surface area contributed by atoms with Crippen molar-refractivity contribution < 1.29 is 0 Å². The van der Waals surface area contributed by atoms with Gasteiger partial charge in [0.2, 0.25) is 0 Å². The first-order chi connectivity index (χ1) is 9.93. The van der Waals surface area contributed by atoms with Gasteiger partial charge in [-0.15, -0.1) is 0 Å². The maximum atomic E-state index is 4.66. The van der Waals surface area contributed by atoms with Gasteiger partial charge in [0.15, 0.2) is 0 Å². The van der Waals surface area contributed by atoms with Crippen LogP contribution >= 0.6 is 0 Å². The van der Waals surface area contributed by atoms with Crippen LogP contribution in [0.25, 0.3) is 21.7 Å². The quantitative estimate of drug-likeness (QED) is 0.532. The molecule has 0 spiro atoms. The van der Waals surface area contributed by atoms with Crippen molar-refractivity contribution in [2.45, 2.75) is 38.0 Å². The summed E-state index contributed by atoms with van der Waals surface area (Å²) < 4.78 is 0. The van der Waals surface area contributed by atoms with E-state index in [1.54, 1.807) is 0 Å². The van der Waals surface area contributed by atoms with E-state index in [2.05, 4.69) is 41.4 Å². The Morgan fingerprint density at radius 3 is 2.50 bits per heavy atom. The highest BCUT2D eigenvalue weighted by atomic mass is 14.6. The lowest BCUT2D eigenvalue weighted by Crippen LogP contribution is -2.05. The van der Waals surface area contributed by atoms with E-state index in [0.717, 1.165) is 5.92 Å². The fourth-order valence-corrected chi connectivity index (χ4v) is 3.70. The summed E-state index contributed by atoms with van der Waals surface area (Å²) in [5.74, 6) is 0.722. The van der Waals surface area contributed by atoms with Gasteiger partial charge >= 0.3 is 0 Å². The number of rotatable bonds is 1. The van der Waals surface area contributed by atoms with Crippen molar-refractivity contribution in [3.63, 3.8) is 0 Å². The SMILES string of the molecule is c1cnc2c(c1)ccc1cccc(C3CCCCC3)c12. The summed E-state index contributed by atoms with van der Waals surface area (Å²) in [5.41, 5.74) is 2.69. The van der Waals surface area contributed by atoms with Crippen molar-refractivity contribution in [1.82, 2.24) is 4.98 Å². The molecule has 100 valence electrons. The number of benzene rings is 2. The summed E-state index contributed by atoms with van der Waals surface area (Å²) in [6, 6.07) is 15.4. The molecule has 0 unspecified atom stereocenters. The van der Waals surface area contributed by atoms with Crippen molar-refractivity contribution in [3.8, 4) is 0 Å². The van der Waals surface area contributed by atoms with Crippen LogP contribution in [-0.2, 0) is 0 Å². The third-order valence-electron chi connectivity index (χ3n) is 4.69. The molecule has 3 aromatic rings. The molecule has 1 heteroatoms. The number of hydrogen-bond donors (Lipinski definition) is 0. The van der Waals surface area contributed by atoms with Crippen molar-refractivity contribution in [3.05, 3.63) is 54.2 Å². The lowest BCUT2D eigenvalue weighted by molar-refractivity contribution is 0.445. The predicted molar refractivity (Wildman–Crippen MR) is 85.1 cm³/mol. The molecule has 1 aliphatic rings. The molecule has 0 bridgehead atoms. The number of pyridine rings is 1. The van der Waals surface area contributed by atoms with Crippen molar-refractivity contribution in [2.75, 3.05) is 0 Å². The van der Waals surface area contributed by atoms with Crippen LogP contribution < -0.4 is 0 Å². The molecular weight excluding hydrogens is 242 g/mol. The zero-order valence-corrected chi connectivity index (χ0v) is 11.7. The second kappa shape index (κ2) is 4.90. The van der Waals surface area contributed by atoms with Crippen LogP contribution in [0.3, 0.4) is 0 Å². The fourth-order valence-electron chi connectivity index (χ4n) is 3.70. The summed E-state index contributed by atoms with van der Waals surface area (Å²) >= 11 is 0. The molecule has 1 fully saturated rings. The first kappa shape index (κ1) is 11.9. The maximum absolute atomic E-state index is 4.66. The molecule has 2 aromatic carbocycles. The number of aromatic nitrogens is 1. The molecule has 20 heavy (non-hydrogen) atoms. The highest BCUT2D eigenvalue weighted by molar-refractivity contribution is 6.07. The standard InChI is InChI=1S/C19H19N/c1-2-6-14(7-3-1)17-10-4-8-15-11-12-16-9-5-13-20-19(16)18(15)17/h4-5,8-14H,1-3,6-7H2. The van der Waals surface area contributed by atoms with Crippen LogP contribution in [0.4, 0.5) is 0 Å². The van der Waals surface area contributed by atoms with Gasteiger partial charge in [0, 0.05) is 17.0 Å². The average molecular weight is 261 g/mol. The molecule has 0 N–H and O–H groups in total. The van der Waals surface area contributed by atoms with Gasteiger partial charge in [0.05, 0.1) is 5.52 Å². The van der Waals surface area contributed by atoms with Crippen LogP contribution in [0.15, 0.2) is 48.7 Å². The minimum atomic E-state index is 0.722. The zero-order chi connectivity index (χ0) is 13.4. The van der Waals surface area contributed by atoms with Gasteiger partial charge in [-0.3, -0.25) is 4.98 Å². The smallest absolute Gasteiger partial charge is 0.0783 e. The monoisotopic (exact) mass is 261 g/mol. The molecule has 0 saturated heterocycles. The minimum absolute atomic E-state index is 0.722. The first-order valence-electron chi connectivity index (χ1n) is 7.70. The van der Waals surface area contributed by atoms with Gasteiger partial charge in [0.1, 0.15) is 0 Å². The molecule has 1 nitrogen and oxygen atoms in total. The first-order valence-corrected chi connectivity index (χ1v) is 7.70. The van der Waals surface area contributed by atoms with Crippen LogP contribution in [0, 0.1) is 0 Å². The second-order valence-corrected chi connectivity index (χ2v) is 5.92. The molecule has 1 heterocycles. The Morgan fingerprint density at radius 1 is 0.800 bits per heavy atom. The van der Waals surface area contributed by atoms with Gasteiger partial charge in [-0.1, -0.05) is 55.7 Å². The summed E-state index contributed by atoms with van der Waals surface area (Å²) in [4.78, 5) is 4.66. The molecule has 1 saturated carbocycles. The highest BCUT2D eigenvalue weighted by Gasteiger charge is 2.18. The number of nitrogens with zero attached hydrogens (tertiary/aromatic N) is 1. The molecule has 0 radical (unpaired) electrons. The molecule has 4 rings (SSSR count). The van der Waals surface area contributed by atoms with Gasteiger partial charge in [0.25, 0.3) is 0 Å². The zero-order valence-electron chi connectivity index (χ0n) is 11.7. The average Bonchev–Trinajstić information content (AvgIpc) is 2.55. The van der Waals surface area contributed by atoms with Gasteiger partial charge in [-0.05, 0) is 35.8 Å². The Morgan fingerprint density at radius 2 is 1.60 bits per heavy atom. The summed E-state index contributed by atoms with van der Waals surface area (Å²) in [6.45, 7) is 0. The molecule has 0 aliphatic heterocycles. The third kappa shape index (κ3) is 1.89. The molecule has 0 atom stereocenters. The number of fused-ring (bicyclic) bond motifs is 3. The lowest BCUT2D eigenvalue weighted by Gasteiger charge is -2.23. The van der Waals surface area contributed by atoms with E-state index in [1.165, 1.54) is 59.3 Å². The third-order valence-corrected chi connectivity index (χ3v) is 4.69. The van der Waals surface area contributed by atoms with E-state index in [4.69, 9.17) is 0 Å².